The number of hydrazine groups is 1. The molecule has 0 amide bonds. The number of hydrogen-bond donors (Lipinski definition) is 1. The van der Waals surface area contributed by atoms with E-state index in [0.717, 1.165) is 11.8 Å². The van der Waals surface area contributed by atoms with Gasteiger partial charge >= 0.3 is 0 Å². The average Bonchev–Trinajstić information content (AvgIpc) is 2.18. The van der Waals surface area contributed by atoms with E-state index in [1.165, 1.54) is 0 Å². The zero-order chi connectivity index (χ0) is 11.1. The van der Waals surface area contributed by atoms with Gasteiger partial charge in [0.25, 0.3) is 0 Å². The highest BCUT2D eigenvalue weighted by Crippen LogP contribution is 2.13. The Morgan fingerprint density at radius 2 is 2.64 bits per heavy atom. The number of rotatable bonds is 2. The van der Waals surface area contributed by atoms with E-state index in [1.807, 2.05) is 0 Å². The standard InChI is InChI=1S/C5H9N3O3/c1-5-6(4-9)2-3-7(5)8(10)11/h2-3,5,9H,4H2,1H3/i2D,3D,5D. The van der Waals surface area contributed by atoms with E-state index in [9.17, 15) is 10.1 Å². The van der Waals surface area contributed by atoms with Crippen molar-refractivity contribution in [2.24, 2.45) is 0 Å². The SMILES string of the molecule is [2H]C1=C([2H])N([N+](=O)[O-])C([2H])(C)N1CO. The van der Waals surface area contributed by atoms with E-state index in [4.69, 9.17) is 9.22 Å². The van der Waals surface area contributed by atoms with E-state index in [-0.39, 0.29) is 5.01 Å². The number of aliphatic hydroxyl groups is 1. The Balaban J connectivity index is 3.16. The van der Waals surface area contributed by atoms with Gasteiger partial charge in [0, 0.05) is 6.18 Å². The Labute approximate surface area is 67.7 Å². The van der Waals surface area contributed by atoms with Crippen molar-refractivity contribution >= 4 is 0 Å². The summed E-state index contributed by atoms with van der Waals surface area (Å²) in [5.74, 6) is 0. The molecule has 1 unspecified atom stereocenters. The fourth-order valence-corrected chi connectivity index (χ4v) is 0.681. The van der Waals surface area contributed by atoms with Gasteiger partial charge in [0.1, 0.15) is 6.73 Å². The molecule has 1 atom stereocenters. The highest BCUT2D eigenvalue weighted by Gasteiger charge is 2.28. The first-order valence-electron chi connectivity index (χ1n) is 4.34. The Kier molecular flexibility index (Phi) is 1.14. The third kappa shape index (κ3) is 1.25. The molecule has 1 N–H and O–H groups in total. The first kappa shape index (κ1) is 4.55. The van der Waals surface area contributed by atoms with Crippen LogP contribution in [0.25, 0.3) is 0 Å². The predicted molar refractivity (Wildman–Crippen MR) is 36.4 cm³/mol. The van der Waals surface area contributed by atoms with E-state index >= 15 is 0 Å². The lowest BCUT2D eigenvalue weighted by Crippen LogP contribution is -2.39. The maximum Gasteiger partial charge on any atom is 0.166 e. The second kappa shape index (κ2) is 2.75. The molecular weight excluding hydrogens is 150 g/mol. The molecule has 0 aromatic carbocycles. The van der Waals surface area contributed by atoms with Crippen LogP contribution in [0.2, 0.25) is 0 Å². The second-order valence-electron chi connectivity index (χ2n) is 1.89. The largest absolute Gasteiger partial charge is 0.376 e. The van der Waals surface area contributed by atoms with Crippen LogP contribution in [0.1, 0.15) is 11.0 Å². The molecule has 6 heteroatoms. The minimum Gasteiger partial charge on any atom is -0.376 e. The van der Waals surface area contributed by atoms with Crippen LogP contribution in [-0.4, -0.2) is 32.9 Å². The van der Waals surface area contributed by atoms with Crippen LogP contribution in [0.4, 0.5) is 0 Å². The summed E-state index contributed by atoms with van der Waals surface area (Å²) < 4.78 is 22.0. The van der Waals surface area contributed by atoms with Crippen LogP contribution < -0.4 is 0 Å². The van der Waals surface area contributed by atoms with Crippen LogP contribution in [-0.2, 0) is 0 Å². The lowest BCUT2D eigenvalue weighted by atomic mass is 10.5. The molecule has 0 spiro atoms. The molecule has 0 saturated carbocycles. The summed E-state index contributed by atoms with van der Waals surface area (Å²) in [6, 6.07) is 0. The van der Waals surface area contributed by atoms with Crippen molar-refractivity contribution in [1.82, 2.24) is 9.91 Å². The molecule has 1 aliphatic heterocycles. The molecule has 6 nitrogen and oxygen atoms in total. The van der Waals surface area contributed by atoms with Gasteiger partial charge in [-0.05, 0) is 6.92 Å². The van der Waals surface area contributed by atoms with Crippen LogP contribution in [0.3, 0.4) is 0 Å². The van der Waals surface area contributed by atoms with Crippen molar-refractivity contribution in [2.75, 3.05) is 6.73 Å². The average molecular weight is 162 g/mol. The van der Waals surface area contributed by atoms with E-state index < -0.39 is 30.3 Å². The van der Waals surface area contributed by atoms with E-state index in [1.54, 1.807) is 0 Å². The molecule has 0 saturated heterocycles. The summed E-state index contributed by atoms with van der Waals surface area (Å²) in [4.78, 5) is 11.2. The Morgan fingerprint density at radius 1 is 2.00 bits per heavy atom. The zero-order valence-corrected chi connectivity index (χ0v) is 5.81. The normalized spacial score (nSPS) is 35.3. The lowest BCUT2D eigenvalue weighted by molar-refractivity contribution is -0.649. The van der Waals surface area contributed by atoms with Crippen molar-refractivity contribution in [3.8, 4) is 0 Å². The van der Waals surface area contributed by atoms with Gasteiger partial charge in [-0.1, -0.05) is 5.01 Å². The molecular formula is C5H9N3O3. The molecule has 1 heterocycles. The third-order valence-electron chi connectivity index (χ3n) is 1.29. The smallest absolute Gasteiger partial charge is 0.166 e. The first-order valence-corrected chi connectivity index (χ1v) is 2.84. The van der Waals surface area contributed by atoms with Gasteiger partial charge in [-0.25, -0.2) is 10.1 Å². The maximum absolute atomic E-state index is 10.5. The number of aliphatic hydroxyl groups excluding tert-OH is 1. The van der Waals surface area contributed by atoms with Crippen LogP contribution in [0.5, 0.6) is 0 Å². The molecule has 62 valence electrons. The van der Waals surface area contributed by atoms with E-state index in [0.29, 0.717) is 0 Å². The first-order chi connectivity index (χ1) is 6.34. The highest BCUT2D eigenvalue weighted by molar-refractivity contribution is 4.89. The number of nitrogens with zero attached hydrogens (tertiary/aromatic N) is 3. The Hall–Kier alpha value is -1.30. The topological polar surface area (TPSA) is 69.8 Å². The summed E-state index contributed by atoms with van der Waals surface area (Å²) in [6.07, 6.45) is -3.19. The molecule has 0 aliphatic carbocycles. The fourth-order valence-electron chi connectivity index (χ4n) is 0.681. The number of nitro groups is 1. The number of hydrogen-bond acceptors (Lipinski definition) is 4. The summed E-state index contributed by atoms with van der Waals surface area (Å²) in [7, 11) is 0. The van der Waals surface area contributed by atoms with Gasteiger partial charge < -0.3 is 10.0 Å². The lowest BCUT2D eigenvalue weighted by Gasteiger charge is -2.20. The van der Waals surface area contributed by atoms with Gasteiger partial charge in [-0.2, -0.15) is 0 Å². The van der Waals surface area contributed by atoms with Gasteiger partial charge in [0.05, 0.1) is 10.3 Å². The van der Waals surface area contributed by atoms with Crippen molar-refractivity contribution in [3.05, 3.63) is 22.5 Å². The molecule has 11 heavy (non-hydrogen) atoms. The van der Waals surface area contributed by atoms with Gasteiger partial charge in [0.2, 0.25) is 0 Å². The maximum atomic E-state index is 10.5. The van der Waals surface area contributed by atoms with Gasteiger partial charge in [0.15, 0.2) is 11.2 Å². The van der Waals surface area contributed by atoms with Gasteiger partial charge in [-0.15, -0.1) is 0 Å². The monoisotopic (exact) mass is 162 g/mol. The molecule has 0 radical (unpaired) electrons. The summed E-state index contributed by atoms with van der Waals surface area (Å²) in [5, 5.41) is 18.6. The van der Waals surface area contributed by atoms with Crippen LogP contribution >= 0.6 is 0 Å². The minimum absolute atomic E-state index is 0.214. The molecule has 1 rings (SSSR count). The molecule has 0 aromatic rings. The van der Waals surface area contributed by atoms with Crippen LogP contribution in [0, 0.1) is 10.1 Å². The Morgan fingerprint density at radius 3 is 2.91 bits per heavy atom. The Bertz CT molecular complexity index is 306. The van der Waals surface area contributed by atoms with Crippen LogP contribution in [0.15, 0.2) is 12.4 Å². The van der Waals surface area contributed by atoms with E-state index in [2.05, 4.69) is 0 Å². The minimum atomic E-state index is -1.94. The summed E-state index contributed by atoms with van der Waals surface area (Å²) in [6.45, 7) is 0.410. The van der Waals surface area contributed by atoms with Crippen molar-refractivity contribution in [1.29, 1.82) is 0 Å². The van der Waals surface area contributed by atoms with Gasteiger partial charge in [-0.3, -0.25) is 0 Å². The fraction of sp³-hybridized carbons (Fsp3) is 0.600. The predicted octanol–water partition coefficient (Wildman–Crippen LogP) is -0.437. The third-order valence-corrected chi connectivity index (χ3v) is 1.29. The second-order valence-corrected chi connectivity index (χ2v) is 1.89. The van der Waals surface area contributed by atoms with Crippen molar-refractivity contribution in [3.63, 3.8) is 0 Å². The summed E-state index contributed by atoms with van der Waals surface area (Å²) >= 11 is 0. The molecule has 0 aromatic heterocycles. The zero-order valence-electron chi connectivity index (χ0n) is 8.81. The summed E-state index contributed by atoms with van der Waals surface area (Å²) in [5.41, 5.74) is 0. The highest BCUT2D eigenvalue weighted by atomic mass is 16.7. The molecule has 0 fully saturated rings. The quantitative estimate of drug-likeness (QED) is 0.440. The molecule has 0 bridgehead atoms. The van der Waals surface area contributed by atoms with Crippen molar-refractivity contribution < 1.29 is 14.3 Å². The van der Waals surface area contributed by atoms with Crippen molar-refractivity contribution in [2.45, 2.75) is 13.1 Å². The molecule has 1 aliphatic rings.